The van der Waals surface area contributed by atoms with Gasteiger partial charge >= 0.3 is 0 Å². The summed E-state index contributed by atoms with van der Waals surface area (Å²) in [5.41, 5.74) is 7.10. The first-order chi connectivity index (χ1) is 8.29. The first kappa shape index (κ1) is 13.1. The van der Waals surface area contributed by atoms with Gasteiger partial charge in [0.2, 0.25) is 0 Å². The van der Waals surface area contributed by atoms with E-state index in [2.05, 4.69) is 45.1 Å². The second kappa shape index (κ2) is 6.53. The molecule has 0 aliphatic heterocycles. The fourth-order valence-corrected chi connectivity index (χ4v) is 3.14. The van der Waals surface area contributed by atoms with Crippen molar-refractivity contribution >= 4 is 15.9 Å². The monoisotopic (exact) mass is 296 g/mol. The van der Waals surface area contributed by atoms with Gasteiger partial charge in [-0.15, -0.1) is 0 Å². The second-order valence-electron chi connectivity index (χ2n) is 4.83. The molecule has 0 heterocycles. The van der Waals surface area contributed by atoms with Gasteiger partial charge in [0.1, 0.15) is 0 Å². The molecule has 2 N–H and O–H groups in total. The van der Waals surface area contributed by atoms with Crippen LogP contribution in [0.1, 0.15) is 31.2 Å². The van der Waals surface area contributed by atoms with E-state index in [1.54, 1.807) is 0 Å². The lowest BCUT2D eigenvalue weighted by molar-refractivity contribution is 0.195. The quantitative estimate of drug-likeness (QED) is 0.904. The van der Waals surface area contributed by atoms with Gasteiger partial charge in [0, 0.05) is 30.1 Å². The van der Waals surface area contributed by atoms with Gasteiger partial charge in [0.15, 0.2) is 0 Å². The molecule has 2 nitrogen and oxygen atoms in total. The van der Waals surface area contributed by atoms with Crippen LogP contribution in [-0.2, 0) is 6.54 Å². The van der Waals surface area contributed by atoms with Crippen LogP contribution in [0.15, 0.2) is 28.7 Å². The van der Waals surface area contributed by atoms with Crippen LogP contribution >= 0.6 is 15.9 Å². The minimum absolute atomic E-state index is 0.748. The molecule has 0 amide bonds. The number of rotatable bonds is 5. The maximum Gasteiger partial charge on any atom is 0.0237 e. The van der Waals surface area contributed by atoms with E-state index in [4.69, 9.17) is 5.73 Å². The zero-order valence-corrected chi connectivity index (χ0v) is 11.8. The number of hydrogen-bond donors (Lipinski definition) is 1. The molecule has 0 bridgehead atoms. The van der Waals surface area contributed by atoms with Crippen LogP contribution in [0.5, 0.6) is 0 Å². The molecule has 0 spiro atoms. The molecule has 0 radical (unpaired) electrons. The van der Waals surface area contributed by atoms with Crippen LogP contribution in [0, 0.1) is 0 Å². The lowest BCUT2D eigenvalue weighted by Crippen LogP contribution is -2.36. The number of halogens is 1. The molecule has 2 rings (SSSR count). The lowest BCUT2D eigenvalue weighted by atomic mass is 10.1. The summed E-state index contributed by atoms with van der Waals surface area (Å²) >= 11 is 3.53. The number of nitrogens with zero attached hydrogens (tertiary/aromatic N) is 1. The number of benzene rings is 1. The van der Waals surface area contributed by atoms with Crippen LogP contribution in [0.25, 0.3) is 0 Å². The Kier molecular flexibility index (Phi) is 5.01. The summed E-state index contributed by atoms with van der Waals surface area (Å²) in [6, 6.07) is 9.33. The molecular weight excluding hydrogens is 276 g/mol. The number of nitrogens with two attached hydrogens (primary N) is 1. The van der Waals surface area contributed by atoms with Crippen molar-refractivity contribution in [3.63, 3.8) is 0 Å². The van der Waals surface area contributed by atoms with E-state index in [0.29, 0.717) is 0 Å². The fourth-order valence-electron chi connectivity index (χ4n) is 2.70. The minimum Gasteiger partial charge on any atom is -0.329 e. The topological polar surface area (TPSA) is 29.3 Å². The van der Waals surface area contributed by atoms with Gasteiger partial charge in [0.25, 0.3) is 0 Å². The first-order valence-corrected chi connectivity index (χ1v) is 7.27. The zero-order valence-electron chi connectivity index (χ0n) is 10.2. The van der Waals surface area contributed by atoms with Crippen LogP contribution < -0.4 is 5.73 Å². The standard InChI is InChI=1S/C14H21BrN2/c15-13-5-3-4-12(10-13)11-17(9-8-16)14-6-1-2-7-14/h3-5,10,14H,1-2,6-9,11,16H2. The Morgan fingerprint density at radius 3 is 2.71 bits per heavy atom. The van der Waals surface area contributed by atoms with Gasteiger partial charge in [-0.2, -0.15) is 0 Å². The molecular formula is C14H21BrN2. The summed E-state index contributed by atoms with van der Waals surface area (Å²) in [5, 5.41) is 0. The van der Waals surface area contributed by atoms with E-state index in [1.165, 1.54) is 31.2 Å². The van der Waals surface area contributed by atoms with Crippen molar-refractivity contribution in [1.82, 2.24) is 4.90 Å². The molecule has 1 saturated carbocycles. The van der Waals surface area contributed by atoms with Gasteiger partial charge in [-0.1, -0.05) is 40.9 Å². The van der Waals surface area contributed by atoms with Crippen molar-refractivity contribution in [2.24, 2.45) is 5.73 Å². The molecule has 0 saturated heterocycles. The predicted molar refractivity (Wildman–Crippen MR) is 75.9 cm³/mol. The average Bonchev–Trinajstić information content (AvgIpc) is 2.82. The third kappa shape index (κ3) is 3.80. The summed E-state index contributed by atoms with van der Waals surface area (Å²) in [7, 11) is 0. The van der Waals surface area contributed by atoms with E-state index in [0.717, 1.165) is 30.1 Å². The molecule has 1 aromatic rings. The van der Waals surface area contributed by atoms with Crippen molar-refractivity contribution in [3.05, 3.63) is 34.3 Å². The first-order valence-electron chi connectivity index (χ1n) is 6.48. The van der Waals surface area contributed by atoms with E-state index in [-0.39, 0.29) is 0 Å². The lowest BCUT2D eigenvalue weighted by Gasteiger charge is -2.28. The SMILES string of the molecule is NCCN(Cc1cccc(Br)c1)C1CCCC1. The Labute approximate surface area is 112 Å². The van der Waals surface area contributed by atoms with Gasteiger partial charge in [-0.25, -0.2) is 0 Å². The minimum atomic E-state index is 0.748. The summed E-state index contributed by atoms with van der Waals surface area (Å²) in [6.07, 6.45) is 5.44. The Balaban J connectivity index is 2.01. The highest BCUT2D eigenvalue weighted by Crippen LogP contribution is 2.25. The molecule has 1 aromatic carbocycles. The van der Waals surface area contributed by atoms with Crippen LogP contribution in [-0.4, -0.2) is 24.0 Å². The van der Waals surface area contributed by atoms with Crippen molar-refractivity contribution < 1.29 is 0 Å². The third-order valence-electron chi connectivity index (χ3n) is 3.53. The highest BCUT2D eigenvalue weighted by Gasteiger charge is 2.21. The van der Waals surface area contributed by atoms with Crippen molar-refractivity contribution in [2.45, 2.75) is 38.3 Å². The summed E-state index contributed by atoms with van der Waals surface area (Å²) < 4.78 is 1.16. The van der Waals surface area contributed by atoms with Crippen molar-refractivity contribution in [2.75, 3.05) is 13.1 Å². The van der Waals surface area contributed by atoms with Crippen LogP contribution in [0.4, 0.5) is 0 Å². The van der Waals surface area contributed by atoms with E-state index in [9.17, 15) is 0 Å². The van der Waals surface area contributed by atoms with Gasteiger partial charge < -0.3 is 5.73 Å². The van der Waals surface area contributed by atoms with E-state index >= 15 is 0 Å². The molecule has 1 aliphatic rings. The van der Waals surface area contributed by atoms with Crippen molar-refractivity contribution in [3.8, 4) is 0 Å². The summed E-state index contributed by atoms with van der Waals surface area (Å²) in [4.78, 5) is 2.55. The highest BCUT2D eigenvalue weighted by atomic mass is 79.9. The van der Waals surface area contributed by atoms with Crippen LogP contribution in [0.2, 0.25) is 0 Å². The molecule has 17 heavy (non-hydrogen) atoms. The van der Waals surface area contributed by atoms with E-state index < -0.39 is 0 Å². The molecule has 1 aliphatic carbocycles. The molecule has 3 heteroatoms. The predicted octanol–water partition coefficient (Wildman–Crippen LogP) is 3.15. The molecule has 0 aromatic heterocycles. The second-order valence-corrected chi connectivity index (χ2v) is 5.74. The third-order valence-corrected chi connectivity index (χ3v) is 4.03. The Morgan fingerprint density at radius 1 is 1.29 bits per heavy atom. The highest BCUT2D eigenvalue weighted by molar-refractivity contribution is 9.10. The van der Waals surface area contributed by atoms with Crippen LogP contribution in [0.3, 0.4) is 0 Å². The Hall–Kier alpha value is -0.380. The normalized spacial score (nSPS) is 16.9. The fraction of sp³-hybridized carbons (Fsp3) is 0.571. The largest absolute Gasteiger partial charge is 0.329 e. The van der Waals surface area contributed by atoms with Crippen molar-refractivity contribution in [1.29, 1.82) is 0 Å². The van der Waals surface area contributed by atoms with Gasteiger partial charge in [-0.3, -0.25) is 4.90 Å². The van der Waals surface area contributed by atoms with E-state index in [1.807, 2.05) is 0 Å². The van der Waals surface area contributed by atoms with Gasteiger partial charge in [-0.05, 0) is 30.5 Å². The summed E-state index contributed by atoms with van der Waals surface area (Å²) in [5.74, 6) is 0. The Morgan fingerprint density at radius 2 is 2.06 bits per heavy atom. The smallest absolute Gasteiger partial charge is 0.0237 e. The maximum atomic E-state index is 5.73. The molecule has 1 fully saturated rings. The molecule has 0 unspecified atom stereocenters. The molecule has 0 atom stereocenters. The summed E-state index contributed by atoms with van der Waals surface area (Å²) in [6.45, 7) is 2.79. The molecule has 94 valence electrons. The number of hydrogen-bond acceptors (Lipinski definition) is 2. The zero-order chi connectivity index (χ0) is 12.1. The average molecular weight is 297 g/mol. The van der Waals surface area contributed by atoms with Gasteiger partial charge in [0.05, 0.1) is 0 Å². The Bertz CT molecular complexity index is 348. The maximum absolute atomic E-state index is 5.73.